The summed E-state index contributed by atoms with van der Waals surface area (Å²) in [5.74, 6) is -0.0962. The molecule has 3 N–H and O–H groups in total. The maximum absolute atomic E-state index is 11.8. The lowest BCUT2D eigenvalue weighted by Crippen LogP contribution is -2.46. The van der Waals surface area contributed by atoms with Gasteiger partial charge in [0.2, 0.25) is 0 Å². The molecule has 0 aliphatic carbocycles. The number of rotatable bonds is 5. The summed E-state index contributed by atoms with van der Waals surface area (Å²) < 4.78 is 0. The Kier molecular flexibility index (Phi) is 4.72. The molecule has 6 heteroatoms. The summed E-state index contributed by atoms with van der Waals surface area (Å²) in [5.41, 5.74) is 1.47. The van der Waals surface area contributed by atoms with Crippen molar-refractivity contribution in [1.29, 1.82) is 0 Å². The van der Waals surface area contributed by atoms with Crippen LogP contribution in [-0.2, 0) is 6.42 Å². The SMILES string of the molecule is CCc1cc(C(=O)NCCN2CCNCC2)n[nH]1. The molecular weight excluding hydrogens is 230 g/mol. The second-order valence-electron chi connectivity index (χ2n) is 4.48. The van der Waals surface area contributed by atoms with Crippen LogP contribution in [0.1, 0.15) is 23.1 Å². The van der Waals surface area contributed by atoms with Crippen LogP contribution >= 0.6 is 0 Å². The molecule has 18 heavy (non-hydrogen) atoms. The molecule has 1 fully saturated rings. The average molecular weight is 251 g/mol. The van der Waals surface area contributed by atoms with Gasteiger partial charge >= 0.3 is 0 Å². The maximum Gasteiger partial charge on any atom is 0.271 e. The Bertz CT molecular complexity index is 384. The molecule has 0 unspecified atom stereocenters. The molecule has 1 saturated heterocycles. The van der Waals surface area contributed by atoms with Gasteiger partial charge in [0.05, 0.1) is 0 Å². The van der Waals surface area contributed by atoms with E-state index in [0.29, 0.717) is 12.2 Å². The highest BCUT2D eigenvalue weighted by molar-refractivity contribution is 5.92. The van der Waals surface area contributed by atoms with Crippen LogP contribution < -0.4 is 10.6 Å². The van der Waals surface area contributed by atoms with E-state index in [0.717, 1.165) is 44.8 Å². The molecule has 2 heterocycles. The first-order chi connectivity index (χ1) is 8.79. The largest absolute Gasteiger partial charge is 0.349 e. The summed E-state index contributed by atoms with van der Waals surface area (Å²) in [6.07, 6.45) is 0.862. The fourth-order valence-corrected chi connectivity index (χ4v) is 2.01. The molecular formula is C12H21N5O. The standard InChI is InChI=1S/C12H21N5O/c1-2-10-9-11(16-15-10)12(18)14-5-8-17-6-3-13-4-7-17/h9,13H,2-8H2,1H3,(H,14,18)(H,15,16). The maximum atomic E-state index is 11.8. The Morgan fingerprint density at radius 2 is 2.28 bits per heavy atom. The molecule has 2 rings (SSSR count). The van der Waals surface area contributed by atoms with Crippen LogP contribution in [0.5, 0.6) is 0 Å². The van der Waals surface area contributed by atoms with Crippen LogP contribution in [0.3, 0.4) is 0 Å². The van der Waals surface area contributed by atoms with Gasteiger partial charge in [0, 0.05) is 45.0 Å². The van der Waals surface area contributed by atoms with Gasteiger partial charge in [0.25, 0.3) is 5.91 Å². The number of aryl methyl sites for hydroxylation is 1. The van der Waals surface area contributed by atoms with E-state index in [1.54, 1.807) is 6.07 Å². The fourth-order valence-electron chi connectivity index (χ4n) is 2.01. The van der Waals surface area contributed by atoms with E-state index < -0.39 is 0 Å². The van der Waals surface area contributed by atoms with Crippen LogP contribution in [-0.4, -0.2) is 60.3 Å². The lowest BCUT2D eigenvalue weighted by molar-refractivity contribution is 0.0942. The summed E-state index contributed by atoms with van der Waals surface area (Å²) in [5, 5.41) is 13.0. The van der Waals surface area contributed by atoms with Gasteiger partial charge in [0.1, 0.15) is 5.69 Å². The fraction of sp³-hybridized carbons (Fsp3) is 0.667. The molecule has 0 atom stereocenters. The molecule has 0 bridgehead atoms. The monoisotopic (exact) mass is 251 g/mol. The zero-order valence-electron chi connectivity index (χ0n) is 10.8. The summed E-state index contributed by atoms with van der Waals surface area (Å²) >= 11 is 0. The molecule has 0 spiro atoms. The molecule has 1 amide bonds. The number of H-pyrrole nitrogens is 1. The van der Waals surface area contributed by atoms with Gasteiger partial charge in [-0.2, -0.15) is 5.10 Å². The zero-order chi connectivity index (χ0) is 12.8. The smallest absolute Gasteiger partial charge is 0.271 e. The van der Waals surface area contributed by atoms with Gasteiger partial charge in [-0.3, -0.25) is 14.8 Å². The Morgan fingerprint density at radius 3 is 2.94 bits per heavy atom. The summed E-state index contributed by atoms with van der Waals surface area (Å²) in [7, 11) is 0. The Morgan fingerprint density at radius 1 is 1.50 bits per heavy atom. The lowest BCUT2D eigenvalue weighted by Gasteiger charge is -2.26. The van der Waals surface area contributed by atoms with Crippen molar-refractivity contribution in [3.8, 4) is 0 Å². The van der Waals surface area contributed by atoms with E-state index in [1.807, 2.05) is 6.92 Å². The number of amides is 1. The first-order valence-electron chi connectivity index (χ1n) is 6.55. The molecule has 6 nitrogen and oxygen atoms in total. The third-order valence-corrected chi connectivity index (χ3v) is 3.17. The third-order valence-electron chi connectivity index (χ3n) is 3.17. The topological polar surface area (TPSA) is 73.1 Å². The minimum Gasteiger partial charge on any atom is -0.349 e. The molecule has 100 valence electrons. The van der Waals surface area contributed by atoms with Crippen molar-refractivity contribution >= 4 is 5.91 Å². The van der Waals surface area contributed by atoms with Crippen molar-refractivity contribution in [2.24, 2.45) is 0 Å². The number of aromatic nitrogens is 2. The van der Waals surface area contributed by atoms with E-state index >= 15 is 0 Å². The number of carbonyl (C=O) groups is 1. The third kappa shape index (κ3) is 3.54. The number of nitrogens with one attached hydrogen (secondary N) is 3. The molecule has 0 aromatic carbocycles. The first-order valence-corrected chi connectivity index (χ1v) is 6.55. The van der Waals surface area contributed by atoms with Crippen molar-refractivity contribution in [2.75, 3.05) is 39.3 Å². The highest BCUT2D eigenvalue weighted by Crippen LogP contribution is 1.99. The van der Waals surface area contributed by atoms with Crippen LogP contribution in [0.4, 0.5) is 0 Å². The molecule has 1 aliphatic heterocycles. The van der Waals surface area contributed by atoms with E-state index in [9.17, 15) is 4.79 Å². The molecule has 1 aliphatic rings. The van der Waals surface area contributed by atoms with Crippen LogP contribution in [0, 0.1) is 0 Å². The number of piperazine rings is 1. The van der Waals surface area contributed by atoms with Gasteiger partial charge in [-0.1, -0.05) is 6.92 Å². The van der Waals surface area contributed by atoms with Gasteiger partial charge in [-0.05, 0) is 12.5 Å². The number of aromatic amines is 1. The molecule has 1 aromatic heterocycles. The van der Waals surface area contributed by atoms with Crippen molar-refractivity contribution < 1.29 is 4.79 Å². The first kappa shape index (κ1) is 13.0. The summed E-state index contributed by atoms with van der Waals surface area (Å²) in [4.78, 5) is 14.1. The van der Waals surface area contributed by atoms with Gasteiger partial charge < -0.3 is 10.6 Å². The number of nitrogens with zero attached hydrogens (tertiary/aromatic N) is 2. The Labute approximate surface area is 107 Å². The van der Waals surface area contributed by atoms with Gasteiger partial charge in [-0.15, -0.1) is 0 Å². The van der Waals surface area contributed by atoms with Crippen LogP contribution in [0.2, 0.25) is 0 Å². The van der Waals surface area contributed by atoms with Crippen molar-refractivity contribution in [1.82, 2.24) is 25.7 Å². The molecule has 1 aromatic rings. The van der Waals surface area contributed by atoms with Gasteiger partial charge in [-0.25, -0.2) is 0 Å². The number of hydrogen-bond donors (Lipinski definition) is 3. The predicted molar refractivity (Wildman–Crippen MR) is 69.6 cm³/mol. The number of hydrogen-bond acceptors (Lipinski definition) is 4. The summed E-state index contributed by atoms with van der Waals surface area (Å²) in [6, 6.07) is 1.81. The van der Waals surface area contributed by atoms with Crippen molar-refractivity contribution in [3.05, 3.63) is 17.5 Å². The van der Waals surface area contributed by atoms with Crippen molar-refractivity contribution in [2.45, 2.75) is 13.3 Å². The highest BCUT2D eigenvalue weighted by atomic mass is 16.1. The normalized spacial score (nSPS) is 16.7. The van der Waals surface area contributed by atoms with Crippen LogP contribution in [0.25, 0.3) is 0 Å². The Balaban J connectivity index is 1.70. The quantitative estimate of drug-likeness (QED) is 0.666. The van der Waals surface area contributed by atoms with E-state index in [4.69, 9.17) is 0 Å². The second kappa shape index (κ2) is 6.51. The summed E-state index contributed by atoms with van der Waals surface area (Å²) in [6.45, 7) is 7.78. The second-order valence-corrected chi connectivity index (χ2v) is 4.48. The average Bonchev–Trinajstić information content (AvgIpc) is 2.89. The van der Waals surface area contributed by atoms with Crippen molar-refractivity contribution in [3.63, 3.8) is 0 Å². The molecule has 0 radical (unpaired) electrons. The lowest BCUT2D eigenvalue weighted by atomic mass is 10.3. The van der Waals surface area contributed by atoms with E-state index in [2.05, 4.69) is 25.7 Å². The predicted octanol–water partition coefficient (Wildman–Crippen LogP) is -0.393. The minimum atomic E-state index is -0.0962. The van der Waals surface area contributed by atoms with Gasteiger partial charge in [0.15, 0.2) is 0 Å². The zero-order valence-corrected chi connectivity index (χ0v) is 10.8. The Hall–Kier alpha value is -1.40. The minimum absolute atomic E-state index is 0.0962. The highest BCUT2D eigenvalue weighted by Gasteiger charge is 2.11. The van der Waals surface area contributed by atoms with E-state index in [1.165, 1.54) is 0 Å². The van der Waals surface area contributed by atoms with Crippen LogP contribution in [0.15, 0.2) is 6.07 Å². The number of carbonyl (C=O) groups excluding carboxylic acids is 1. The molecule has 0 saturated carbocycles. The van der Waals surface area contributed by atoms with E-state index in [-0.39, 0.29) is 5.91 Å².